The topological polar surface area (TPSA) is 50.1 Å². The van der Waals surface area contributed by atoms with Crippen LogP contribution in [0.3, 0.4) is 0 Å². The van der Waals surface area contributed by atoms with E-state index in [1.807, 2.05) is 6.07 Å². The minimum absolute atomic E-state index is 0.237. The smallest absolute Gasteiger partial charge is 0.305 e. The van der Waals surface area contributed by atoms with E-state index in [0.29, 0.717) is 11.4 Å². The molecule has 0 spiro atoms. The van der Waals surface area contributed by atoms with Crippen LogP contribution in [0.4, 0.5) is 0 Å². The molecule has 3 nitrogen and oxygen atoms in total. The van der Waals surface area contributed by atoms with E-state index >= 15 is 0 Å². The summed E-state index contributed by atoms with van der Waals surface area (Å²) in [5.74, 6) is -0.625. The molecule has 1 aromatic carbocycles. The Morgan fingerprint density at radius 3 is 2.94 bits per heavy atom. The highest BCUT2D eigenvalue weighted by molar-refractivity contribution is 6.30. The predicted octanol–water partition coefficient (Wildman–Crippen LogP) is 2.90. The van der Waals surface area contributed by atoms with Gasteiger partial charge in [-0.3, -0.25) is 4.79 Å². The van der Waals surface area contributed by atoms with Gasteiger partial charge in [-0.15, -0.1) is 0 Å². The Balaban J connectivity index is 2.69. The summed E-state index contributed by atoms with van der Waals surface area (Å²) in [6, 6.07) is 9.27. The van der Waals surface area contributed by atoms with E-state index in [1.165, 1.54) is 7.11 Å². The van der Waals surface area contributed by atoms with Crippen molar-refractivity contribution < 1.29 is 9.53 Å². The second kappa shape index (κ2) is 6.14. The minimum atomic E-state index is -0.321. The van der Waals surface area contributed by atoms with E-state index in [9.17, 15) is 4.79 Å². The van der Waals surface area contributed by atoms with Gasteiger partial charge < -0.3 is 4.74 Å². The van der Waals surface area contributed by atoms with Crippen molar-refractivity contribution >= 4 is 17.6 Å². The van der Waals surface area contributed by atoms with Gasteiger partial charge in [-0.2, -0.15) is 5.26 Å². The van der Waals surface area contributed by atoms with Gasteiger partial charge in [0, 0.05) is 11.4 Å². The van der Waals surface area contributed by atoms with Crippen molar-refractivity contribution in [2.24, 2.45) is 0 Å². The van der Waals surface area contributed by atoms with Crippen molar-refractivity contribution in [3.63, 3.8) is 0 Å². The lowest BCUT2D eigenvalue weighted by Crippen LogP contribution is -2.04. The fraction of sp³-hybridized carbons (Fsp3) is 0.333. The minimum Gasteiger partial charge on any atom is -0.469 e. The molecule has 0 saturated carbocycles. The number of carbonyl (C=O) groups excluding carboxylic acids is 1. The van der Waals surface area contributed by atoms with E-state index < -0.39 is 0 Å². The zero-order valence-electron chi connectivity index (χ0n) is 8.94. The lowest BCUT2D eigenvalue weighted by molar-refractivity contribution is -0.140. The standard InChI is InChI=1S/C12H12ClNO2/c1-16-12(15)6-5-10(8-14)9-3-2-4-11(13)7-9/h2-4,7,10H,5-6H2,1H3/t10-/m1/s1. The van der Waals surface area contributed by atoms with Gasteiger partial charge in [-0.1, -0.05) is 23.7 Å². The Labute approximate surface area is 99.6 Å². The number of carbonyl (C=O) groups is 1. The Kier molecular flexibility index (Phi) is 4.81. The van der Waals surface area contributed by atoms with Gasteiger partial charge >= 0.3 is 5.97 Å². The molecular weight excluding hydrogens is 226 g/mol. The maximum absolute atomic E-state index is 11.0. The predicted molar refractivity (Wildman–Crippen MR) is 61.1 cm³/mol. The van der Waals surface area contributed by atoms with Crippen LogP contribution in [0.25, 0.3) is 0 Å². The molecular formula is C12H12ClNO2. The highest BCUT2D eigenvalue weighted by Gasteiger charge is 2.13. The van der Waals surface area contributed by atoms with Crippen molar-refractivity contribution in [3.8, 4) is 6.07 Å². The Hall–Kier alpha value is -1.53. The molecule has 0 saturated heterocycles. The molecule has 1 aromatic rings. The number of nitriles is 1. The number of halogens is 1. The molecule has 1 atom stereocenters. The third-order valence-electron chi connectivity index (χ3n) is 2.27. The Morgan fingerprint density at radius 2 is 2.38 bits per heavy atom. The molecule has 1 rings (SSSR count). The first-order chi connectivity index (χ1) is 7.67. The summed E-state index contributed by atoms with van der Waals surface area (Å²) in [5, 5.41) is 9.60. The van der Waals surface area contributed by atoms with Crippen LogP contribution < -0.4 is 0 Å². The van der Waals surface area contributed by atoms with Gasteiger partial charge in [0.05, 0.1) is 19.1 Å². The molecule has 0 bridgehead atoms. The monoisotopic (exact) mass is 237 g/mol. The second-order valence-electron chi connectivity index (χ2n) is 3.35. The maximum atomic E-state index is 11.0. The summed E-state index contributed by atoms with van der Waals surface area (Å²) in [6.45, 7) is 0. The normalized spacial score (nSPS) is 11.6. The molecule has 0 aromatic heterocycles. The highest BCUT2D eigenvalue weighted by Crippen LogP contribution is 2.23. The molecule has 0 fully saturated rings. The molecule has 84 valence electrons. The van der Waals surface area contributed by atoms with Gasteiger partial charge in [0.2, 0.25) is 0 Å². The molecule has 0 radical (unpaired) electrons. The van der Waals surface area contributed by atoms with E-state index in [0.717, 1.165) is 5.56 Å². The van der Waals surface area contributed by atoms with Crippen molar-refractivity contribution in [1.82, 2.24) is 0 Å². The summed E-state index contributed by atoms with van der Waals surface area (Å²) >= 11 is 5.83. The first-order valence-electron chi connectivity index (χ1n) is 4.89. The van der Waals surface area contributed by atoms with Crippen molar-refractivity contribution in [2.45, 2.75) is 18.8 Å². The first kappa shape index (κ1) is 12.5. The van der Waals surface area contributed by atoms with E-state index in [-0.39, 0.29) is 18.3 Å². The molecule has 0 amide bonds. The summed E-state index contributed by atoms with van der Waals surface area (Å²) in [6.07, 6.45) is 0.685. The quantitative estimate of drug-likeness (QED) is 0.757. The average Bonchev–Trinajstić information content (AvgIpc) is 2.29. The van der Waals surface area contributed by atoms with Crippen LogP contribution in [0, 0.1) is 11.3 Å². The summed E-state index contributed by atoms with van der Waals surface area (Å²) in [4.78, 5) is 11.0. The fourth-order valence-corrected chi connectivity index (χ4v) is 1.59. The van der Waals surface area contributed by atoms with E-state index in [2.05, 4.69) is 10.8 Å². The molecule has 16 heavy (non-hydrogen) atoms. The number of nitrogens with zero attached hydrogens (tertiary/aromatic N) is 1. The van der Waals surface area contributed by atoms with Gasteiger partial charge in [0.15, 0.2) is 0 Å². The number of hydrogen-bond acceptors (Lipinski definition) is 3. The van der Waals surface area contributed by atoms with Crippen molar-refractivity contribution in [2.75, 3.05) is 7.11 Å². The van der Waals surface area contributed by atoms with Crippen LogP contribution in [0.5, 0.6) is 0 Å². The molecule has 0 unspecified atom stereocenters. The third-order valence-corrected chi connectivity index (χ3v) is 2.51. The Bertz CT molecular complexity index is 412. The molecule has 4 heteroatoms. The van der Waals surface area contributed by atoms with Crippen molar-refractivity contribution in [1.29, 1.82) is 5.26 Å². The zero-order chi connectivity index (χ0) is 12.0. The lowest BCUT2D eigenvalue weighted by Gasteiger charge is -2.08. The average molecular weight is 238 g/mol. The molecule has 0 aliphatic rings. The molecule has 0 aliphatic heterocycles. The number of benzene rings is 1. The lowest BCUT2D eigenvalue weighted by atomic mass is 9.96. The van der Waals surface area contributed by atoms with Crippen LogP contribution in [-0.2, 0) is 9.53 Å². The van der Waals surface area contributed by atoms with E-state index in [4.69, 9.17) is 16.9 Å². The molecule has 0 heterocycles. The summed E-state index contributed by atoms with van der Waals surface area (Å²) in [7, 11) is 1.34. The van der Waals surface area contributed by atoms with Gasteiger partial charge in [-0.05, 0) is 24.1 Å². The maximum Gasteiger partial charge on any atom is 0.305 e. The number of ether oxygens (including phenoxy) is 1. The second-order valence-corrected chi connectivity index (χ2v) is 3.79. The number of hydrogen-bond donors (Lipinski definition) is 0. The van der Waals surface area contributed by atoms with Crippen LogP contribution in [0.15, 0.2) is 24.3 Å². The van der Waals surface area contributed by atoms with Gasteiger partial charge in [0.1, 0.15) is 0 Å². The Morgan fingerprint density at radius 1 is 1.62 bits per heavy atom. The van der Waals surface area contributed by atoms with Crippen LogP contribution >= 0.6 is 11.6 Å². The summed E-state index contributed by atoms with van der Waals surface area (Å²) in [5.41, 5.74) is 0.832. The largest absolute Gasteiger partial charge is 0.469 e. The van der Waals surface area contributed by atoms with Crippen LogP contribution in [0.2, 0.25) is 5.02 Å². The first-order valence-corrected chi connectivity index (χ1v) is 5.27. The van der Waals surface area contributed by atoms with Crippen molar-refractivity contribution in [3.05, 3.63) is 34.9 Å². The van der Waals surface area contributed by atoms with Gasteiger partial charge in [0.25, 0.3) is 0 Å². The number of methoxy groups -OCH3 is 1. The van der Waals surface area contributed by atoms with E-state index in [1.54, 1.807) is 18.2 Å². The van der Waals surface area contributed by atoms with Crippen LogP contribution in [0.1, 0.15) is 24.3 Å². The zero-order valence-corrected chi connectivity index (χ0v) is 9.70. The molecule has 0 N–H and O–H groups in total. The third kappa shape index (κ3) is 3.56. The fourth-order valence-electron chi connectivity index (χ4n) is 1.39. The summed E-state index contributed by atoms with van der Waals surface area (Å²) < 4.78 is 4.53. The highest BCUT2D eigenvalue weighted by atomic mass is 35.5. The van der Waals surface area contributed by atoms with Crippen LogP contribution in [-0.4, -0.2) is 13.1 Å². The number of esters is 1. The SMILES string of the molecule is COC(=O)CC[C@H](C#N)c1cccc(Cl)c1. The molecule has 0 aliphatic carbocycles. The van der Waals surface area contributed by atoms with Gasteiger partial charge in [-0.25, -0.2) is 0 Å². The number of rotatable bonds is 4.